The summed E-state index contributed by atoms with van der Waals surface area (Å²) in [6.07, 6.45) is -14.5. The highest BCUT2D eigenvalue weighted by molar-refractivity contribution is 9.10. The monoisotopic (exact) mass is 377 g/mol. The van der Waals surface area contributed by atoms with Gasteiger partial charge in [0.1, 0.15) is 5.75 Å². The molecule has 0 radical (unpaired) electrons. The summed E-state index contributed by atoms with van der Waals surface area (Å²) in [6.45, 7) is 0. The average molecular weight is 378 g/mol. The van der Waals surface area contributed by atoms with Crippen molar-refractivity contribution in [3.05, 3.63) is 28.2 Å². The standard InChI is InChI=1S/C11H6BrF6NO2/c12-7-5-6(3-4-19)1-2-8(7)20-10(14,15)9(13)21-11(16,17)18/h1-2,5,9H,3H2. The van der Waals surface area contributed by atoms with Crippen molar-refractivity contribution < 1.29 is 35.8 Å². The lowest BCUT2D eigenvalue weighted by atomic mass is 10.2. The van der Waals surface area contributed by atoms with E-state index in [1.807, 2.05) is 6.07 Å². The molecule has 0 saturated heterocycles. The molecule has 0 aliphatic carbocycles. The van der Waals surface area contributed by atoms with E-state index < -0.39 is 24.6 Å². The summed E-state index contributed by atoms with van der Waals surface area (Å²) < 4.78 is 80.7. The van der Waals surface area contributed by atoms with Gasteiger partial charge in [-0.2, -0.15) is 14.0 Å². The minimum Gasteiger partial charge on any atom is -0.427 e. The van der Waals surface area contributed by atoms with Crippen LogP contribution in [0.1, 0.15) is 5.56 Å². The van der Waals surface area contributed by atoms with Gasteiger partial charge in [0.2, 0.25) is 0 Å². The van der Waals surface area contributed by atoms with Crippen molar-refractivity contribution in [2.45, 2.75) is 25.2 Å². The second-order valence-corrected chi connectivity index (χ2v) is 4.50. The maximum Gasteiger partial charge on any atom is 0.525 e. The molecule has 0 spiro atoms. The minimum atomic E-state index is -5.57. The first kappa shape index (κ1) is 17.6. The number of ether oxygens (including phenoxy) is 2. The minimum absolute atomic E-state index is 0.0157. The maximum absolute atomic E-state index is 13.2. The third-order valence-electron chi connectivity index (χ3n) is 2.03. The zero-order valence-corrected chi connectivity index (χ0v) is 11.5. The van der Waals surface area contributed by atoms with Crippen molar-refractivity contribution in [1.29, 1.82) is 5.26 Å². The maximum atomic E-state index is 13.2. The Balaban J connectivity index is 2.86. The Kier molecular flexibility index (Phi) is 5.47. The second-order valence-electron chi connectivity index (χ2n) is 3.64. The van der Waals surface area contributed by atoms with Gasteiger partial charge in [-0.1, -0.05) is 6.07 Å². The molecule has 0 aliphatic rings. The molecule has 0 saturated carbocycles. The predicted octanol–water partition coefficient (Wildman–Crippen LogP) is 4.32. The molecule has 0 heterocycles. The summed E-state index contributed by atoms with van der Waals surface area (Å²) >= 11 is 2.83. The molecule has 0 aromatic heterocycles. The van der Waals surface area contributed by atoms with Crippen molar-refractivity contribution in [3.63, 3.8) is 0 Å². The van der Waals surface area contributed by atoms with E-state index in [1.165, 1.54) is 12.1 Å². The largest absolute Gasteiger partial charge is 0.525 e. The van der Waals surface area contributed by atoms with Crippen LogP contribution in [0.25, 0.3) is 0 Å². The molecule has 3 nitrogen and oxygen atoms in total. The predicted molar refractivity (Wildman–Crippen MR) is 61.1 cm³/mol. The van der Waals surface area contributed by atoms with Crippen LogP contribution in [-0.2, 0) is 11.2 Å². The van der Waals surface area contributed by atoms with Gasteiger partial charge in [0.05, 0.1) is 17.0 Å². The zero-order valence-electron chi connectivity index (χ0n) is 9.93. The van der Waals surface area contributed by atoms with Gasteiger partial charge in [-0.15, -0.1) is 13.2 Å². The topological polar surface area (TPSA) is 42.2 Å². The number of benzene rings is 1. The second kappa shape index (κ2) is 6.53. The van der Waals surface area contributed by atoms with E-state index in [2.05, 4.69) is 25.4 Å². The summed E-state index contributed by atoms with van der Waals surface area (Å²) in [5.74, 6) is -0.602. The number of hydrogen-bond donors (Lipinski definition) is 0. The van der Waals surface area contributed by atoms with Crippen LogP contribution in [0.15, 0.2) is 22.7 Å². The number of nitrogens with zero attached hydrogens (tertiary/aromatic N) is 1. The van der Waals surface area contributed by atoms with Crippen molar-refractivity contribution in [2.24, 2.45) is 0 Å². The Bertz CT molecular complexity index is 542. The first-order valence-electron chi connectivity index (χ1n) is 5.16. The SMILES string of the molecule is N#CCc1ccc(OC(F)(F)C(F)OC(F)(F)F)c(Br)c1. The summed E-state index contributed by atoms with van der Waals surface area (Å²) in [5, 5.41) is 8.46. The molecule has 1 aromatic rings. The van der Waals surface area contributed by atoms with Crippen LogP contribution < -0.4 is 4.74 Å². The Morgan fingerprint density at radius 2 is 1.86 bits per heavy atom. The highest BCUT2D eigenvalue weighted by Gasteiger charge is 2.50. The van der Waals surface area contributed by atoms with E-state index in [-0.39, 0.29) is 10.9 Å². The smallest absolute Gasteiger partial charge is 0.427 e. The molecular formula is C11H6BrF6NO2. The number of alkyl halides is 6. The fraction of sp³-hybridized carbons (Fsp3) is 0.364. The molecule has 116 valence electrons. The molecule has 0 amide bonds. The van der Waals surface area contributed by atoms with E-state index >= 15 is 0 Å². The lowest BCUT2D eigenvalue weighted by Crippen LogP contribution is -2.41. The van der Waals surface area contributed by atoms with E-state index in [0.29, 0.717) is 5.56 Å². The summed E-state index contributed by atoms with van der Waals surface area (Å²) in [5.41, 5.74) is 0.448. The molecule has 0 N–H and O–H groups in total. The molecule has 10 heteroatoms. The molecular weight excluding hydrogens is 372 g/mol. The van der Waals surface area contributed by atoms with Crippen LogP contribution >= 0.6 is 15.9 Å². The number of hydrogen-bond acceptors (Lipinski definition) is 3. The van der Waals surface area contributed by atoms with Crippen LogP contribution in [0.2, 0.25) is 0 Å². The van der Waals surface area contributed by atoms with E-state index in [4.69, 9.17) is 5.26 Å². The van der Waals surface area contributed by atoms with E-state index in [9.17, 15) is 26.3 Å². The molecule has 0 aliphatic heterocycles. The average Bonchev–Trinajstić information content (AvgIpc) is 2.31. The van der Waals surface area contributed by atoms with Crippen LogP contribution in [0.5, 0.6) is 5.75 Å². The van der Waals surface area contributed by atoms with Gasteiger partial charge >= 0.3 is 18.8 Å². The van der Waals surface area contributed by atoms with Crippen molar-refractivity contribution >= 4 is 15.9 Å². The van der Waals surface area contributed by atoms with Crippen molar-refractivity contribution in [2.75, 3.05) is 0 Å². The normalized spacial score (nSPS) is 13.6. The molecule has 1 rings (SSSR count). The van der Waals surface area contributed by atoms with Gasteiger partial charge in [-0.3, -0.25) is 0 Å². The summed E-state index contributed by atoms with van der Waals surface area (Å²) in [4.78, 5) is 0. The summed E-state index contributed by atoms with van der Waals surface area (Å²) in [6, 6.07) is 5.25. The Morgan fingerprint density at radius 3 is 2.33 bits per heavy atom. The van der Waals surface area contributed by atoms with Crippen molar-refractivity contribution in [3.8, 4) is 11.8 Å². The Morgan fingerprint density at radius 1 is 1.24 bits per heavy atom. The fourth-order valence-corrected chi connectivity index (χ4v) is 1.71. The highest BCUT2D eigenvalue weighted by atomic mass is 79.9. The quantitative estimate of drug-likeness (QED) is 0.717. The van der Waals surface area contributed by atoms with Crippen molar-refractivity contribution in [1.82, 2.24) is 0 Å². The van der Waals surface area contributed by atoms with Gasteiger partial charge in [0, 0.05) is 0 Å². The van der Waals surface area contributed by atoms with Gasteiger partial charge in [-0.25, -0.2) is 9.13 Å². The van der Waals surface area contributed by atoms with Gasteiger partial charge in [0.25, 0.3) is 0 Å². The van der Waals surface area contributed by atoms with E-state index in [0.717, 1.165) is 6.07 Å². The third kappa shape index (κ3) is 5.43. The number of nitriles is 1. The summed E-state index contributed by atoms with van der Waals surface area (Å²) in [7, 11) is 0. The molecule has 0 fully saturated rings. The molecule has 1 unspecified atom stereocenters. The van der Waals surface area contributed by atoms with Crippen LogP contribution in [-0.4, -0.2) is 18.8 Å². The van der Waals surface area contributed by atoms with E-state index in [1.54, 1.807) is 0 Å². The lowest BCUT2D eigenvalue weighted by molar-refractivity contribution is -0.411. The highest BCUT2D eigenvalue weighted by Crippen LogP contribution is 2.35. The van der Waals surface area contributed by atoms with Gasteiger partial charge in [-0.05, 0) is 33.6 Å². The zero-order chi connectivity index (χ0) is 16.3. The molecule has 1 aromatic carbocycles. The first-order valence-corrected chi connectivity index (χ1v) is 5.95. The molecule has 1 atom stereocenters. The van der Waals surface area contributed by atoms with Crippen LogP contribution in [0.4, 0.5) is 26.3 Å². The fourth-order valence-electron chi connectivity index (χ4n) is 1.21. The first-order chi connectivity index (χ1) is 9.55. The van der Waals surface area contributed by atoms with Gasteiger partial charge < -0.3 is 4.74 Å². The van der Waals surface area contributed by atoms with Crippen LogP contribution in [0.3, 0.4) is 0 Å². The lowest BCUT2D eigenvalue weighted by Gasteiger charge is -2.22. The molecule has 21 heavy (non-hydrogen) atoms. The molecule has 0 bridgehead atoms. The number of rotatable bonds is 5. The van der Waals surface area contributed by atoms with Crippen LogP contribution in [0, 0.1) is 11.3 Å². The Labute approximate surface area is 123 Å². The van der Waals surface area contributed by atoms with Gasteiger partial charge in [0.15, 0.2) is 0 Å². The number of halogens is 7. The Hall–Kier alpha value is -1.47. The third-order valence-corrected chi connectivity index (χ3v) is 2.65.